The molecule has 1 amide bonds. The van der Waals surface area contributed by atoms with Crippen LogP contribution in [0.25, 0.3) is 0 Å². The summed E-state index contributed by atoms with van der Waals surface area (Å²) in [4.78, 5) is 29.3. The second kappa shape index (κ2) is 7.12. The van der Waals surface area contributed by atoms with E-state index in [2.05, 4.69) is 4.98 Å². The molecule has 2 aromatic rings. The van der Waals surface area contributed by atoms with Gasteiger partial charge in [-0.2, -0.15) is 0 Å². The highest BCUT2D eigenvalue weighted by atomic mass is 16.5. The largest absolute Gasteiger partial charge is 0.481 e. The number of carboxylic acids is 1. The number of carboxylic acid groups (broad SMARTS) is 1. The van der Waals surface area contributed by atoms with Gasteiger partial charge in [0.1, 0.15) is 5.75 Å². The lowest BCUT2D eigenvalue weighted by Crippen LogP contribution is -2.42. The summed E-state index contributed by atoms with van der Waals surface area (Å²) in [6, 6.07) is 12.5. The lowest BCUT2D eigenvalue weighted by atomic mass is 9.98. The third-order valence-electron chi connectivity index (χ3n) is 4.01. The molecule has 1 aliphatic rings. The Morgan fingerprint density at radius 3 is 2.62 bits per heavy atom. The first-order valence-electron chi connectivity index (χ1n) is 7.84. The van der Waals surface area contributed by atoms with Gasteiger partial charge in [-0.25, -0.2) is 4.98 Å². The maximum Gasteiger partial charge on any atom is 0.308 e. The van der Waals surface area contributed by atoms with E-state index in [0.29, 0.717) is 36.6 Å². The molecule has 1 unspecified atom stereocenters. The van der Waals surface area contributed by atoms with Crippen LogP contribution < -0.4 is 4.74 Å². The number of carbonyl (C=O) groups excluding carboxylic acids is 1. The number of nitrogens with zero attached hydrogens (tertiary/aromatic N) is 2. The molecule has 1 aliphatic heterocycles. The smallest absolute Gasteiger partial charge is 0.308 e. The number of benzene rings is 1. The molecule has 6 heteroatoms. The van der Waals surface area contributed by atoms with E-state index in [0.717, 1.165) is 0 Å². The zero-order valence-electron chi connectivity index (χ0n) is 13.1. The molecular weight excluding hydrogens is 308 g/mol. The van der Waals surface area contributed by atoms with Crippen LogP contribution in [0.15, 0.2) is 48.7 Å². The van der Waals surface area contributed by atoms with Crippen LogP contribution in [0, 0.1) is 5.92 Å². The molecule has 124 valence electrons. The van der Waals surface area contributed by atoms with Gasteiger partial charge in [0.05, 0.1) is 11.5 Å². The van der Waals surface area contributed by atoms with E-state index < -0.39 is 11.9 Å². The Labute approximate surface area is 139 Å². The molecule has 0 aliphatic carbocycles. The fourth-order valence-electron chi connectivity index (χ4n) is 2.72. The molecule has 0 bridgehead atoms. The molecule has 1 atom stereocenters. The number of carbonyl (C=O) groups is 2. The van der Waals surface area contributed by atoms with E-state index in [4.69, 9.17) is 9.84 Å². The average Bonchev–Trinajstić information content (AvgIpc) is 2.63. The number of piperidine rings is 1. The molecule has 3 rings (SSSR count). The number of aromatic nitrogens is 1. The van der Waals surface area contributed by atoms with Gasteiger partial charge in [0.2, 0.25) is 5.88 Å². The summed E-state index contributed by atoms with van der Waals surface area (Å²) in [5.74, 6) is -0.461. The van der Waals surface area contributed by atoms with Crippen LogP contribution >= 0.6 is 0 Å². The van der Waals surface area contributed by atoms with Gasteiger partial charge in [-0.05, 0) is 31.0 Å². The quantitative estimate of drug-likeness (QED) is 0.934. The van der Waals surface area contributed by atoms with E-state index in [-0.39, 0.29) is 12.5 Å². The number of pyridine rings is 1. The normalized spacial score (nSPS) is 17.3. The molecule has 1 saturated heterocycles. The minimum Gasteiger partial charge on any atom is -0.481 e. The van der Waals surface area contributed by atoms with Crippen LogP contribution in [0.5, 0.6) is 11.6 Å². The van der Waals surface area contributed by atoms with Crippen molar-refractivity contribution in [3.05, 3.63) is 54.2 Å². The average molecular weight is 326 g/mol. The van der Waals surface area contributed by atoms with Crippen molar-refractivity contribution in [1.82, 2.24) is 9.88 Å². The number of para-hydroxylation sites is 1. The second-order valence-electron chi connectivity index (χ2n) is 5.73. The number of amides is 1. The van der Waals surface area contributed by atoms with Crippen molar-refractivity contribution in [3.8, 4) is 11.6 Å². The molecule has 6 nitrogen and oxygen atoms in total. The van der Waals surface area contributed by atoms with Crippen molar-refractivity contribution < 1.29 is 19.4 Å². The van der Waals surface area contributed by atoms with Crippen molar-refractivity contribution in [2.75, 3.05) is 13.1 Å². The SMILES string of the molecule is O=C(O)C1CCCN(C(=O)c2ccc(Oc3ccccc3)nc2)C1. The topological polar surface area (TPSA) is 79.7 Å². The zero-order valence-corrected chi connectivity index (χ0v) is 13.1. The molecular formula is C18H18N2O4. The highest BCUT2D eigenvalue weighted by molar-refractivity contribution is 5.94. The van der Waals surface area contributed by atoms with Crippen LogP contribution in [-0.2, 0) is 4.79 Å². The number of aliphatic carboxylic acids is 1. The van der Waals surface area contributed by atoms with Crippen molar-refractivity contribution in [2.24, 2.45) is 5.92 Å². The van der Waals surface area contributed by atoms with Gasteiger partial charge in [0.25, 0.3) is 5.91 Å². The lowest BCUT2D eigenvalue weighted by molar-refractivity contribution is -0.143. The summed E-state index contributed by atoms with van der Waals surface area (Å²) in [6.45, 7) is 0.821. The molecule has 24 heavy (non-hydrogen) atoms. The lowest BCUT2D eigenvalue weighted by Gasteiger charge is -2.30. The van der Waals surface area contributed by atoms with Crippen LogP contribution in [0.2, 0.25) is 0 Å². The Bertz CT molecular complexity index is 716. The van der Waals surface area contributed by atoms with Crippen molar-refractivity contribution in [2.45, 2.75) is 12.8 Å². The monoisotopic (exact) mass is 326 g/mol. The minimum absolute atomic E-state index is 0.195. The van der Waals surface area contributed by atoms with E-state index in [1.165, 1.54) is 6.20 Å². The number of likely N-dealkylation sites (tertiary alicyclic amines) is 1. The molecule has 1 N–H and O–H groups in total. The van der Waals surface area contributed by atoms with Crippen molar-refractivity contribution in [3.63, 3.8) is 0 Å². The molecule has 2 heterocycles. The number of rotatable bonds is 4. The van der Waals surface area contributed by atoms with Gasteiger partial charge < -0.3 is 14.7 Å². The predicted octanol–water partition coefficient (Wildman–Crippen LogP) is 2.81. The Kier molecular flexibility index (Phi) is 4.74. The summed E-state index contributed by atoms with van der Waals surface area (Å²) in [5, 5.41) is 9.12. The Morgan fingerprint density at radius 2 is 1.96 bits per heavy atom. The Balaban J connectivity index is 1.66. The van der Waals surface area contributed by atoms with Gasteiger partial charge in [0.15, 0.2) is 0 Å². The Morgan fingerprint density at radius 1 is 1.17 bits per heavy atom. The molecule has 0 saturated carbocycles. The predicted molar refractivity (Wildman–Crippen MR) is 87.0 cm³/mol. The Hall–Kier alpha value is -2.89. The first-order chi connectivity index (χ1) is 11.6. The van der Waals surface area contributed by atoms with Crippen LogP contribution in [-0.4, -0.2) is 40.0 Å². The van der Waals surface area contributed by atoms with E-state index in [9.17, 15) is 9.59 Å². The van der Waals surface area contributed by atoms with Crippen molar-refractivity contribution >= 4 is 11.9 Å². The summed E-state index contributed by atoms with van der Waals surface area (Å²) >= 11 is 0. The minimum atomic E-state index is -0.850. The van der Waals surface area contributed by atoms with Gasteiger partial charge in [0, 0.05) is 25.4 Å². The summed E-state index contributed by atoms with van der Waals surface area (Å²) in [6.07, 6.45) is 2.78. The second-order valence-corrected chi connectivity index (χ2v) is 5.73. The van der Waals surface area contributed by atoms with E-state index in [1.807, 2.05) is 30.3 Å². The summed E-state index contributed by atoms with van der Waals surface area (Å²) in [7, 11) is 0. The van der Waals surface area contributed by atoms with Crippen LogP contribution in [0.1, 0.15) is 23.2 Å². The third kappa shape index (κ3) is 3.71. The van der Waals surface area contributed by atoms with Crippen LogP contribution in [0.4, 0.5) is 0 Å². The fraction of sp³-hybridized carbons (Fsp3) is 0.278. The fourth-order valence-corrected chi connectivity index (χ4v) is 2.72. The molecule has 0 spiro atoms. The number of hydrogen-bond acceptors (Lipinski definition) is 4. The van der Waals surface area contributed by atoms with Gasteiger partial charge in [-0.1, -0.05) is 18.2 Å². The maximum absolute atomic E-state index is 12.5. The molecule has 0 radical (unpaired) electrons. The molecule has 1 fully saturated rings. The van der Waals surface area contributed by atoms with E-state index in [1.54, 1.807) is 17.0 Å². The van der Waals surface area contributed by atoms with Gasteiger partial charge in [-0.15, -0.1) is 0 Å². The highest BCUT2D eigenvalue weighted by Gasteiger charge is 2.28. The summed E-state index contributed by atoms with van der Waals surface area (Å²) < 4.78 is 5.59. The third-order valence-corrected chi connectivity index (χ3v) is 4.01. The first kappa shape index (κ1) is 16.0. The molecule has 1 aromatic heterocycles. The number of hydrogen-bond donors (Lipinski definition) is 1. The van der Waals surface area contributed by atoms with Crippen LogP contribution in [0.3, 0.4) is 0 Å². The van der Waals surface area contributed by atoms with Gasteiger partial charge >= 0.3 is 5.97 Å². The van der Waals surface area contributed by atoms with Crippen molar-refractivity contribution in [1.29, 1.82) is 0 Å². The number of ether oxygens (including phenoxy) is 1. The summed E-state index contributed by atoms with van der Waals surface area (Å²) in [5.41, 5.74) is 0.432. The van der Waals surface area contributed by atoms with E-state index >= 15 is 0 Å². The molecule has 1 aromatic carbocycles. The van der Waals surface area contributed by atoms with Gasteiger partial charge in [-0.3, -0.25) is 9.59 Å². The maximum atomic E-state index is 12.5. The standard InChI is InChI=1S/C18H18N2O4/c21-17(20-10-4-5-14(12-20)18(22)23)13-8-9-16(19-11-13)24-15-6-2-1-3-7-15/h1-3,6-9,11,14H,4-5,10,12H2,(H,22,23). The highest BCUT2D eigenvalue weighted by Crippen LogP contribution is 2.21. The zero-order chi connectivity index (χ0) is 16.9. The first-order valence-corrected chi connectivity index (χ1v) is 7.84.